The van der Waals surface area contributed by atoms with Gasteiger partial charge in [-0.05, 0) is 33.0 Å². The molecule has 0 bridgehead atoms. The summed E-state index contributed by atoms with van der Waals surface area (Å²) < 4.78 is 38.1. The largest absolute Gasteiger partial charge is 0.417 e. The van der Waals surface area contributed by atoms with Gasteiger partial charge in [0.25, 0.3) is 0 Å². The van der Waals surface area contributed by atoms with Crippen molar-refractivity contribution in [3.8, 4) is 5.82 Å². The van der Waals surface area contributed by atoms with E-state index in [1.807, 2.05) is 0 Å². The Morgan fingerprint density at radius 3 is 2.47 bits per heavy atom. The molecular formula is C9H4BrF3N4O2. The predicted molar refractivity (Wildman–Crippen MR) is 60.7 cm³/mol. The molecule has 0 radical (unpaired) electrons. The van der Waals surface area contributed by atoms with Crippen LogP contribution in [0.1, 0.15) is 5.56 Å². The summed E-state index contributed by atoms with van der Waals surface area (Å²) in [6, 6.07) is 1.90. The molecule has 0 amide bonds. The molecule has 6 nitrogen and oxygen atoms in total. The molecule has 0 unspecified atom stereocenters. The SMILES string of the molecule is O=[N+]([O-])c1nn(-c2ccc(C(F)(F)F)cn2)cc1Br. The third-order valence-electron chi connectivity index (χ3n) is 2.13. The van der Waals surface area contributed by atoms with E-state index in [0.717, 1.165) is 16.8 Å². The van der Waals surface area contributed by atoms with Gasteiger partial charge >= 0.3 is 12.0 Å². The van der Waals surface area contributed by atoms with E-state index in [1.165, 1.54) is 6.20 Å². The van der Waals surface area contributed by atoms with Gasteiger partial charge in [0.1, 0.15) is 4.47 Å². The number of hydrogen-bond donors (Lipinski definition) is 0. The Labute approximate surface area is 112 Å². The zero-order valence-corrected chi connectivity index (χ0v) is 10.5. The molecule has 0 aliphatic carbocycles. The van der Waals surface area contributed by atoms with Crippen molar-refractivity contribution >= 4 is 21.7 Å². The van der Waals surface area contributed by atoms with Crippen LogP contribution in [0, 0.1) is 10.1 Å². The lowest BCUT2D eigenvalue weighted by Crippen LogP contribution is -2.07. The van der Waals surface area contributed by atoms with Crippen molar-refractivity contribution in [2.24, 2.45) is 0 Å². The zero-order valence-electron chi connectivity index (χ0n) is 8.93. The minimum atomic E-state index is -4.48. The van der Waals surface area contributed by atoms with E-state index < -0.39 is 22.5 Å². The number of pyridine rings is 1. The Morgan fingerprint density at radius 1 is 1.37 bits per heavy atom. The molecule has 0 aliphatic rings. The second kappa shape index (κ2) is 4.61. The fourth-order valence-electron chi connectivity index (χ4n) is 1.27. The van der Waals surface area contributed by atoms with Crippen molar-refractivity contribution in [2.75, 3.05) is 0 Å². The maximum Gasteiger partial charge on any atom is 0.417 e. The third-order valence-corrected chi connectivity index (χ3v) is 2.69. The van der Waals surface area contributed by atoms with Crippen LogP contribution in [0.15, 0.2) is 29.0 Å². The summed E-state index contributed by atoms with van der Waals surface area (Å²) in [4.78, 5) is 13.4. The minimum absolute atomic E-state index is 0.0433. The number of halogens is 4. The summed E-state index contributed by atoms with van der Waals surface area (Å²) >= 11 is 2.93. The first-order chi connectivity index (χ1) is 8.79. The molecule has 0 N–H and O–H groups in total. The normalized spacial score (nSPS) is 11.6. The first-order valence-electron chi connectivity index (χ1n) is 4.72. The average molecular weight is 337 g/mol. The molecule has 0 fully saturated rings. The molecule has 2 aromatic rings. The van der Waals surface area contributed by atoms with Gasteiger partial charge in [0.15, 0.2) is 5.82 Å². The molecule has 100 valence electrons. The van der Waals surface area contributed by atoms with Gasteiger partial charge in [-0.15, -0.1) is 4.68 Å². The second-order valence-corrected chi connectivity index (χ2v) is 4.26. The highest BCUT2D eigenvalue weighted by molar-refractivity contribution is 9.10. The molecule has 0 atom stereocenters. The molecule has 2 aromatic heterocycles. The topological polar surface area (TPSA) is 73.8 Å². The summed E-state index contributed by atoms with van der Waals surface area (Å²) in [5.74, 6) is -0.400. The minimum Gasteiger partial charge on any atom is -0.358 e. The molecule has 0 saturated carbocycles. The fraction of sp³-hybridized carbons (Fsp3) is 0.111. The number of alkyl halides is 3. The van der Waals surface area contributed by atoms with Crippen LogP contribution in [0.5, 0.6) is 0 Å². The van der Waals surface area contributed by atoms with Crippen molar-refractivity contribution in [3.05, 3.63) is 44.7 Å². The van der Waals surface area contributed by atoms with Gasteiger partial charge in [0.2, 0.25) is 0 Å². The van der Waals surface area contributed by atoms with Gasteiger partial charge in [-0.1, -0.05) is 0 Å². The van der Waals surface area contributed by atoms with E-state index in [2.05, 4.69) is 26.0 Å². The van der Waals surface area contributed by atoms with Gasteiger partial charge in [-0.25, -0.2) is 4.98 Å². The highest BCUT2D eigenvalue weighted by atomic mass is 79.9. The van der Waals surface area contributed by atoms with Crippen molar-refractivity contribution in [2.45, 2.75) is 6.18 Å². The maximum atomic E-state index is 12.3. The molecule has 0 saturated heterocycles. The Hall–Kier alpha value is -1.97. The van der Waals surface area contributed by atoms with Crippen LogP contribution in [0.3, 0.4) is 0 Å². The number of aromatic nitrogens is 3. The molecule has 0 spiro atoms. The molecule has 19 heavy (non-hydrogen) atoms. The summed E-state index contributed by atoms with van der Waals surface area (Å²) in [5.41, 5.74) is -0.906. The highest BCUT2D eigenvalue weighted by Gasteiger charge is 2.31. The van der Waals surface area contributed by atoms with E-state index in [0.29, 0.717) is 6.20 Å². The van der Waals surface area contributed by atoms with E-state index in [-0.39, 0.29) is 10.3 Å². The highest BCUT2D eigenvalue weighted by Crippen LogP contribution is 2.29. The first kappa shape index (κ1) is 13.5. The van der Waals surface area contributed by atoms with Crippen LogP contribution in [0.25, 0.3) is 5.82 Å². The molecule has 2 heterocycles. The van der Waals surface area contributed by atoms with Gasteiger partial charge in [0.05, 0.1) is 16.9 Å². The first-order valence-corrected chi connectivity index (χ1v) is 5.51. The van der Waals surface area contributed by atoms with E-state index in [1.54, 1.807) is 0 Å². The second-order valence-electron chi connectivity index (χ2n) is 3.41. The Balaban J connectivity index is 2.38. The van der Waals surface area contributed by atoms with Crippen LogP contribution < -0.4 is 0 Å². The third kappa shape index (κ3) is 2.72. The van der Waals surface area contributed by atoms with Gasteiger partial charge < -0.3 is 10.1 Å². The number of nitrogens with zero attached hydrogens (tertiary/aromatic N) is 4. The van der Waals surface area contributed by atoms with E-state index in [9.17, 15) is 23.3 Å². The summed E-state index contributed by atoms with van der Waals surface area (Å²) in [5, 5.41) is 14.2. The summed E-state index contributed by atoms with van der Waals surface area (Å²) in [7, 11) is 0. The van der Waals surface area contributed by atoms with Crippen LogP contribution in [-0.2, 0) is 6.18 Å². The number of hydrogen-bond acceptors (Lipinski definition) is 4. The van der Waals surface area contributed by atoms with Crippen LogP contribution in [0.2, 0.25) is 0 Å². The smallest absolute Gasteiger partial charge is 0.358 e. The lowest BCUT2D eigenvalue weighted by Gasteiger charge is -2.05. The lowest BCUT2D eigenvalue weighted by molar-refractivity contribution is -0.390. The fourth-order valence-corrected chi connectivity index (χ4v) is 1.69. The van der Waals surface area contributed by atoms with Crippen LogP contribution in [-0.4, -0.2) is 19.7 Å². The standard InChI is InChI=1S/C9H4BrF3N4O2/c10-6-4-16(15-8(6)17(18)19)7-2-1-5(3-14-7)9(11,12)13/h1-4H. The lowest BCUT2D eigenvalue weighted by atomic mass is 10.3. The molecule has 2 rings (SSSR count). The zero-order chi connectivity index (χ0) is 14.2. The maximum absolute atomic E-state index is 12.3. The van der Waals surface area contributed by atoms with Gasteiger partial charge in [0, 0.05) is 6.20 Å². The predicted octanol–water partition coefficient (Wildman–Crippen LogP) is 2.96. The van der Waals surface area contributed by atoms with Gasteiger partial charge in [-0.2, -0.15) is 13.2 Å². The Kier molecular flexibility index (Phi) is 3.27. The summed E-state index contributed by atoms with van der Waals surface area (Å²) in [6.45, 7) is 0. The molecule has 0 aliphatic heterocycles. The number of rotatable bonds is 2. The van der Waals surface area contributed by atoms with E-state index in [4.69, 9.17) is 0 Å². The molecule has 0 aromatic carbocycles. The quantitative estimate of drug-likeness (QED) is 0.624. The van der Waals surface area contributed by atoms with Gasteiger partial charge in [-0.3, -0.25) is 0 Å². The molecule has 10 heteroatoms. The number of nitro groups is 1. The van der Waals surface area contributed by atoms with E-state index >= 15 is 0 Å². The molecular weight excluding hydrogens is 333 g/mol. The van der Waals surface area contributed by atoms with Crippen molar-refractivity contribution in [3.63, 3.8) is 0 Å². The average Bonchev–Trinajstić information content (AvgIpc) is 2.70. The van der Waals surface area contributed by atoms with Crippen molar-refractivity contribution < 1.29 is 18.1 Å². The van der Waals surface area contributed by atoms with Crippen molar-refractivity contribution in [1.82, 2.24) is 14.8 Å². The Morgan fingerprint density at radius 2 is 2.05 bits per heavy atom. The van der Waals surface area contributed by atoms with Crippen LogP contribution in [0.4, 0.5) is 19.0 Å². The Bertz CT molecular complexity index is 623. The van der Waals surface area contributed by atoms with Crippen LogP contribution >= 0.6 is 15.9 Å². The monoisotopic (exact) mass is 336 g/mol. The van der Waals surface area contributed by atoms with Crippen molar-refractivity contribution in [1.29, 1.82) is 0 Å². The summed E-state index contributed by atoms with van der Waals surface area (Å²) in [6.07, 6.45) is -2.60.